The predicted octanol–water partition coefficient (Wildman–Crippen LogP) is 2.76. The molecule has 1 aromatic carbocycles. The Labute approximate surface area is 127 Å². The van der Waals surface area contributed by atoms with Crippen LogP contribution in [0.2, 0.25) is 0 Å². The van der Waals surface area contributed by atoms with Gasteiger partial charge in [-0.2, -0.15) is 0 Å². The van der Waals surface area contributed by atoms with Gasteiger partial charge in [0.25, 0.3) is 5.91 Å². The Kier molecular flexibility index (Phi) is 4.60. The number of benzene rings is 1. The van der Waals surface area contributed by atoms with Crippen LogP contribution in [-0.2, 0) is 11.3 Å². The second-order valence-electron chi connectivity index (χ2n) is 5.05. The van der Waals surface area contributed by atoms with E-state index in [1.165, 1.54) is 24.3 Å². The zero-order valence-electron chi connectivity index (χ0n) is 12.3. The molecule has 116 valence electrons. The topological polar surface area (TPSA) is 70.8 Å². The van der Waals surface area contributed by atoms with Crippen molar-refractivity contribution in [2.75, 3.05) is 6.54 Å². The molecule has 2 rings (SSSR count). The highest BCUT2D eigenvalue weighted by molar-refractivity contribution is 5.94. The van der Waals surface area contributed by atoms with Gasteiger partial charge >= 0.3 is 5.97 Å². The third-order valence-corrected chi connectivity index (χ3v) is 3.14. The lowest BCUT2D eigenvalue weighted by Crippen LogP contribution is -2.35. The minimum Gasteiger partial charge on any atom is -0.480 e. The quantitative estimate of drug-likeness (QED) is 0.922. The summed E-state index contributed by atoms with van der Waals surface area (Å²) in [5, 5.41) is 8.99. The summed E-state index contributed by atoms with van der Waals surface area (Å²) in [7, 11) is 0. The lowest BCUT2D eigenvalue weighted by atomic mass is 10.2. The molecule has 5 nitrogen and oxygen atoms in total. The lowest BCUT2D eigenvalue weighted by molar-refractivity contribution is -0.137. The first-order valence-electron chi connectivity index (χ1n) is 6.69. The molecule has 1 amide bonds. The normalized spacial score (nSPS) is 10.5. The first kappa shape index (κ1) is 15.8. The van der Waals surface area contributed by atoms with Crippen LogP contribution >= 0.6 is 0 Å². The number of carboxylic acids is 1. The second kappa shape index (κ2) is 6.43. The standard InChI is InChI=1S/C16H16FNO4/c1-10-7-11(2)22-15(10)16(21)18(9-14(19)20)8-12-3-5-13(17)6-4-12/h3-7H,8-9H2,1-2H3,(H,19,20). The largest absolute Gasteiger partial charge is 0.480 e. The Hall–Kier alpha value is -2.63. The van der Waals surface area contributed by atoms with Gasteiger partial charge in [0, 0.05) is 12.1 Å². The van der Waals surface area contributed by atoms with Gasteiger partial charge in [-0.15, -0.1) is 0 Å². The summed E-state index contributed by atoms with van der Waals surface area (Å²) >= 11 is 0. The molecule has 0 aliphatic rings. The molecule has 0 aliphatic carbocycles. The van der Waals surface area contributed by atoms with E-state index in [2.05, 4.69) is 0 Å². The highest BCUT2D eigenvalue weighted by Gasteiger charge is 2.23. The third kappa shape index (κ3) is 3.72. The number of halogens is 1. The summed E-state index contributed by atoms with van der Waals surface area (Å²) in [6.07, 6.45) is 0. The molecular weight excluding hydrogens is 289 g/mol. The Morgan fingerprint density at radius 1 is 1.23 bits per heavy atom. The maximum atomic E-state index is 12.9. The summed E-state index contributed by atoms with van der Waals surface area (Å²) < 4.78 is 18.3. The Balaban J connectivity index is 2.25. The maximum Gasteiger partial charge on any atom is 0.323 e. The van der Waals surface area contributed by atoms with E-state index < -0.39 is 24.2 Å². The number of rotatable bonds is 5. The molecule has 22 heavy (non-hydrogen) atoms. The van der Waals surface area contributed by atoms with E-state index in [0.29, 0.717) is 16.9 Å². The zero-order valence-corrected chi connectivity index (χ0v) is 12.3. The second-order valence-corrected chi connectivity index (χ2v) is 5.05. The van der Waals surface area contributed by atoms with Crippen LogP contribution in [0.15, 0.2) is 34.7 Å². The first-order valence-corrected chi connectivity index (χ1v) is 6.69. The first-order chi connectivity index (χ1) is 10.4. The van der Waals surface area contributed by atoms with E-state index in [4.69, 9.17) is 9.52 Å². The van der Waals surface area contributed by atoms with Crippen LogP contribution in [0, 0.1) is 19.7 Å². The van der Waals surface area contributed by atoms with Crippen LogP contribution in [0.25, 0.3) is 0 Å². The molecule has 0 unspecified atom stereocenters. The zero-order chi connectivity index (χ0) is 16.3. The van der Waals surface area contributed by atoms with E-state index in [9.17, 15) is 14.0 Å². The van der Waals surface area contributed by atoms with Crippen molar-refractivity contribution in [1.29, 1.82) is 0 Å². The minimum absolute atomic E-state index is 0.0601. The Morgan fingerprint density at radius 3 is 2.36 bits per heavy atom. The fraction of sp³-hybridized carbons (Fsp3) is 0.250. The summed E-state index contributed by atoms with van der Waals surface area (Å²) in [6, 6.07) is 7.27. The maximum absolute atomic E-state index is 12.9. The van der Waals surface area contributed by atoms with Gasteiger partial charge in [0.1, 0.15) is 18.1 Å². The van der Waals surface area contributed by atoms with E-state index >= 15 is 0 Å². The van der Waals surface area contributed by atoms with Crippen molar-refractivity contribution in [2.45, 2.75) is 20.4 Å². The third-order valence-electron chi connectivity index (χ3n) is 3.14. The van der Waals surface area contributed by atoms with Gasteiger partial charge in [-0.3, -0.25) is 9.59 Å². The Morgan fingerprint density at radius 2 is 1.86 bits per heavy atom. The molecule has 0 fully saturated rings. The number of hydrogen-bond donors (Lipinski definition) is 1. The highest BCUT2D eigenvalue weighted by atomic mass is 19.1. The number of amides is 1. The fourth-order valence-corrected chi connectivity index (χ4v) is 2.17. The van der Waals surface area contributed by atoms with Crippen LogP contribution in [0.4, 0.5) is 4.39 Å². The van der Waals surface area contributed by atoms with Crippen molar-refractivity contribution in [1.82, 2.24) is 4.90 Å². The number of aliphatic carboxylic acids is 1. The number of furan rings is 1. The van der Waals surface area contributed by atoms with Gasteiger partial charge in [-0.05, 0) is 37.6 Å². The van der Waals surface area contributed by atoms with Crippen LogP contribution in [-0.4, -0.2) is 28.4 Å². The summed E-state index contributed by atoms with van der Waals surface area (Å²) in [6.45, 7) is 3.03. The molecule has 0 radical (unpaired) electrons. The molecule has 1 aromatic heterocycles. The number of carbonyl (C=O) groups is 2. The molecule has 0 aliphatic heterocycles. The monoisotopic (exact) mass is 305 g/mol. The average molecular weight is 305 g/mol. The van der Waals surface area contributed by atoms with Crippen LogP contribution in [0.1, 0.15) is 27.4 Å². The van der Waals surface area contributed by atoms with Gasteiger partial charge in [-0.1, -0.05) is 12.1 Å². The van der Waals surface area contributed by atoms with Crippen molar-refractivity contribution in [3.8, 4) is 0 Å². The molecule has 6 heteroatoms. The van der Waals surface area contributed by atoms with Gasteiger partial charge in [0.05, 0.1) is 0 Å². The highest BCUT2D eigenvalue weighted by Crippen LogP contribution is 2.17. The van der Waals surface area contributed by atoms with Crippen LogP contribution in [0.3, 0.4) is 0 Å². The van der Waals surface area contributed by atoms with Gasteiger partial charge in [0.2, 0.25) is 0 Å². The van der Waals surface area contributed by atoms with Gasteiger partial charge in [-0.25, -0.2) is 4.39 Å². The van der Waals surface area contributed by atoms with E-state index in [1.54, 1.807) is 19.9 Å². The van der Waals surface area contributed by atoms with E-state index in [0.717, 1.165) is 4.90 Å². The molecule has 0 saturated heterocycles. The number of aryl methyl sites for hydroxylation is 2. The molecule has 2 aromatic rings. The van der Waals surface area contributed by atoms with E-state index in [1.807, 2.05) is 0 Å². The van der Waals surface area contributed by atoms with Gasteiger partial charge in [0.15, 0.2) is 5.76 Å². The number of carboxylic acid groups (broad SMARTS) is 1. The molecule has 0 saturated carbocycles. The molecule has 1 N–H and O–H groups in total. The fourth-order valence-electron chi connectivity index (χ4n) is 2.17. The summed E-state index contributed by atoms with van der Waals surface area (Å²) in [5.41, 5.74) is 1.29. The van der Waals surface area contributed by atoms with Gasteiger partial charge < -0.3 is 14.4 Å². The average Bonchev–Trinajstić information content (AvgIpc) is 2.78. The smallest absolute Gasteiger partial charge is 0.323 e. The predicted molar refractivity (Wildman–Crippen MR) is 77.0 cm³/mol. The van der Waals surface area contributed by atoms with Crippen molar-refractivity contribution < 1.29 is 23.5 Å². The molecular formula is C16H16FNO4. The lowest BCUT2D eigenvalue weighted by Gasteiger charge is -2.20. The Bertz CT molecular complexity index is 691. The van der Waals surface area contributed by atoms with Crippen molar-refractivity contribution in [3.05, 3.63) is 58.8 Å². The molecule has 0 spiro atoms. The van der Waals surface area contributed by atoms with E-state index in [-0.39, 0.29) is 12.3 Å². The number of hydrogen-bond acceptors (Lipinski definition) is 3. The van der Waals surface area contributed by atoms with Crippen molar-refractivity contribution >= 4 is 11.9 Å². The van der Waals surface area contributed by atoms with Crippen LogP contribution in [0.5, 0.6) is 0 Å². The SMILES string of the molecule is Cc1cc(C)c(C(=O)N(CC(=O)O)Cc2ccc(F)cc2)o1. The summed E-state index contributed by atoms with van der Waals surface area (Å²) in [4.78, 5) is 24.6. The number of carbonyl (C=O) groups excluding carboxylic acids is 1. The minimum atomic E-state index is -1.13. The molecule has 0 bridgehead atoms. The van der Waals surface area contributed by atoms with Crippen molar-refractivity contribution in [3.63, 3.8) is 0 Å². The molecule has 0 atom stereocenters. The van der Waals surface area contributed by atoms with Crippen LogP contribution < -0.4 is 0 Å². The summed E-state index contributed by atoms with van der Waals surface area (Å²) in [5.74, 6) is -1.31. The molecule has 1 heterocycles. The van der Waals surface area contributed by atoms with Crippen molar-refractivity contribution in [2.24, 2.45) is 0 Å². The number of nitrogens with zero attached hydrogens (tertiary/aromatic N) is 1.